The van der Waals surface area contributed by atoms with E-state index in [4.69, 9.17) is 0 Å². The second-order valence-electron chi connectivity index (χ2n) is 4.85. The predicted octanol–water partition coefficient (Wildman–Crippen LogP) is 2.46. The average Bonchev–Trinajstić information content (AvgIpc) is 3.08. The van der Waals surface area contributed by atoms with Crippen molar-refractivity contribution in [2.24, 2.45) is 0 Å². The number of amides is 1. The van der Waals surface area contributed by atoms with Crippen LogP contribution in [-0.4, -0.2) is 32.3 Å². The van der Waals surface area contributed by atoms with Gasteiger partial charge >= 0.3 is 6.18 Å². The number of aromatic nitrogens is 4. The van der Waals surface area contributed by atoms with E-state index in [0.717, 1.165) is 29.5 Å². The first-order valence-electron chi connectivity index (χ1n) is 6.77. The number of fused-ring (bicyclic) bond motifs is 1. The van der Waals surface area contributed by atoms with Gasteiger partial charge in [0.2, 0.25) is 4.96 Å². The number of hydrogen-bond donors (Lipinski definition) is 1. The fourth-order valence-corrected chi connectivity index (χ4v) is 2.79. The van der Waals surface area contributed by atoms with Crippen molar-refractivity contribution in [1.29, 1.82) is 0 Å². The van der Waals surface area contributed by atoms with Crippen LogP contribution in [0.25, 0.3) is 4.96 Å². The summed E-state index contributed by atoms with van der Waals surface area (Å²) >= 11 is 0.903. The van der Waals surface area contributed by atoms with Gasteiger partial charge in [-0.2, -0.15) is 22.8 Å². The van der Waals surface area contributed by atoms with Gasteiger partial charge in [0.25, 0.3) is 11.7 Å². The lowest BCUT2D eigenvalue weighted by atomic mass is 10.2. The molecule has 0 fully saturated rings. The van der Waals surface area contributed by atoms with Gasteiger partial charge in [-0.15, -0.1) is 10.2 Å². The number of nitrogens with one attached hydrogen (secondary N) is 1. The van der Waals surface area contributed by atoms with Gasteiger partial charge in [-0.3, -0.25) is 4.79 Å². The highest BCUT2D eigenvalue weighted by Gasteiger charge is 2.38. The van der Waals surface area contributed by atoms with Crippen LogP contribution >= 0.6 is 11.3 Å². The van der Waals surface area contributed by atoms with Crippen LogP contribution in [0.2, 0.25) is 0 Å². The molecule has 1 N–H and O–H groups in total. The topological polar surface area (TPSA) is 72.2 Å². The fourth-order valence-electron chi connectivity index (χ4n) is 1.96. The van der Waals surface area contributed by atoms with Gasteiger partial charge < -0.3 is 5.32 Å². The van der Waals surface area contributed by atoms with Crippen LogP contribution in [0, 0.1) is 11.6 Å². The van der Waals surface area contributed by atoms with Crippen molar-refractivity contribution in [2.45, 2.75) is 12.6 Å². The summed E-state index contributed by atoms with van der Waals surface area (Å²) in [5.74, 6) is -4.09. The Labute approximate surface area is 140 Å². The predicted molar refractivity (Wildman–Crippen MR) is 76.1 cm³/mol. The molecule has 0 saturated heterocycles. The van der Waals surface area contributed by atoms with E-state index in [2.05, 4.69) is 20.6 Å². The van der Waals surface area contributed by atoms with Crippen molar-refractivity contribution in [2.75, 3.05) is 6.54 Å². The summed E-state index contributed by atoms with van der Waals surface area (Å²) in [4.78, 5) is 11.8. The summed E-state index contributed by atoms with van der Waals surface area (Å²) < 4.78 is 64.6. The molecule has 3 rings (SSSR count). The molecule has 0 aliphatic heterocycles. The molecule has 3 aromatic rings. The lowest BCUT2D eigenvalue weighted by molar-refractivity contribution is -0.146. The summed E-state index contributed by atoms with van der Waals surface area (Å²) in [5.41, 5.74) is -0.0728. The maximum Gasteiger partial charge on any atom is 0.453 e. The number of rotatable bonds is 4. The van der Waals surface area contributed by atoms with Gasteiger partial charge in [-0.05, 0) is 18.2 Å². The number of alkyl halides is 3. The third kappa shape index (κ3) is 3.57. The number of halogens is 5. The molecule has 0 bridgehead atoms. The highest BCUT2D eigenvalue weighted by Crippen LogP contribution is 2.28. The molecule has 1 aromatic carbocycles. The number of hydrogen-bond acceptors (Lipinski definition) is 5. The van der Waals surface area contributed by atoms with Crippen molar-refractivity contribution in [3.63, 3.8) is 0 Å². The van der Waals surface area contributed by atoms with E-state index in [-0.39, 0.29) is 23.5 Å². The Morgan fingerprint density at radius 1 is 1.20 bits per heavy atom. The first-order chi connectivity index (χ1) is 11.8. The van der Waals surface area contributed by atoms with E-state index in [1.54, 1.807) is 0 Å². The normalized spacial score (nSPS) is 11.9. The maximum atomic E-state index is 13.1. The molecule has 0 atom stereocenters. The molecule has 2 heterocycles. The van der Waals surface area contributed by atoms with Crippen molar-refractivity contribution >= 4 is 22.2 Å². The maximum absolute atomic E-state index is 13.1. The first-order valence-corrected chi connectivity index (χ1v) is 7.59. The Morgan fingerprint density at radius 3 is 2.64 bits per heavy atom. The Morgan fingerprint density at radius 2 is 1.96 bits per heavy atom. The molecular formula is C13H8F5N5OS. The minimum atomic E-state index is -4.67. The zero-order valence-corrected chi connectivity index (χ0v) is 13.0. The van der Waals surface area contributed by atoms with Gasteiger partial charge in [0.15, 0.2) is 11.6 Å². The molecular weight excluding hydrogens is 369 g/mol. The lowest BCUT2D eigenvalue weighted by Crippen LogP contribution is -2.25. The van der Waals surface area contributed by atoms with E-state index in [1.807, 2.05) is 0 Å². The molecule has 25 heavy (non-hydrogen) atoms. The Bertz CT molecular complexity index is 935. The van der Waals surface area contributed by atoms with Crippen LogP contribution in [-0.2, 0) is 12.6 Å². The molecule has 0 aliphatic rings. The Balaban J connectivity index is 1.64. The third-order valence-electron chi connectivity index (χ3n) is 3.09. The van der Waals surface area contributed by atoms with Crippen molar-refractivity contribution in [3.05, 3.63) is 46.2 Å². The second kappa shape index (κ2) is 6.35. The number of carbonyl (C=O) groups excluding carboxylic acids is 1. The highest BCUT2D eigenvalue weighted by atomic mass is 32.1. The van der Waals surface area contributed by atoms with Crippen LogP contribution in [0.4, 0.5) is 22.0 Å². The quantitative estimate of drug-likeness (QED) is 0.709. The minimum absolute atomic E-state index is 0.0192. The standard InChI is InChI=1S/C13H8F5N5OS/c14-7-2-1-6(5-8(7)15)10(24)19-4-3-9-22-23-11(13(16,17)18)20-21-12(23)25-9/h1-2,5H,3-4H2,(H,19,24). The SMILES string of the molecule is O=C(NCCc1nn2c(C(F)(F)F)nnc2s1)c1ccc(F)c(F)c1. The zero-order valence-electron chi connectivity index (χ0n) is 12.1. The van der Waals surface area contributed by atoms with E-state index in [9.17, 15) is 26.7 Å². The molecule has 0 aliphatic carbocycles. The van der Waals surface area contributed by atoms with Crippen molar-refractivity contribution < 1.29 is 26.7 Å². The summed E-state index contributed by atoms with van der Waals surface area (Å²) in [7, 11) is 0. The van der Waals surface area contributed by atoms with E-state index >= 15 is 0 Å². The van der Waals surface area contributed by atoms with Gasteiger partial charge in [0.1, 0.15) is 5.01 Å². The third-order valence-corrected chi connectivity index (χ3v) is 4.05. The first kappa shape index (κ1) is 17.2. The van der Waals surface area contributed by atoms with Gasteiger partial charge in [-0.25, -0.2) is 8.78 Å². The molecule has 132 valence electrons. The Hall–Kier alpha value is -2.63. The molecule has 12 heteroatoms. The number of carbonyl (C=O) groups is 1. The van der Waals surface area contributed by atoms with Gasteiger partial charge in [0.05, 0.1) is 0 Å². The largest absolute Gasteiger partial charge is 0.453 e. The molecule has 0 unspecified atom stereocenters. The Kier molecular flexibility index (Phi) is 4.37. The summed E-state index contributed by atoms with van der Waals surface area (Å²) in [6.07, 6.45) is -4.54. The number of benzene rings is 1. The molecule has 1 amide bonds. The fraction of sp³-hybridized carbons (Fsp3) is 0.231. The van der Waals surface area contributed by atoms with Crippen LogP contribution < -0.4 is 5.32 Å². The molecule has 0 spiro atoms. The molecule has 2 aromatic heterocycles. The van der Waals surface area contributed by atoms with E-state index < -0.39 is 29.5 Å². The molecule has 6 nitrogen and oxygen atoms in total. The smallest absolute Gasteiger partial charge is 0.352 e. The number of nitrogens with zero attached hydrogens (tertiary/aromatic N) is 4. The minimum Gasteiger partial charge on any atom is -0.352 e. The average molecular weight is 377 g/mol. The van der Waals surface area contributed by atoms with Crippen LogP contribution in [0.3, 0.4) is 0 Å². The lowest BCUT2D eigenvalue weighted by Gasteiger charge is -2.04. The zero-order chi connectivity index (χ0) is 18.2. The van der Waals surface area contributed by atoms with Crippen LogP contribution in [0.15, 0.2) is 18.2 Å². The summed E-state index contributed by atoms with van der Waals surface area (Å²) in [6, 6.07) is 2.70. The monoisotopic (exact) mass is 377 g/mol. The van der Waals surface area contributed by atoms with Crippen molar-refractivity contribution in [1.82, 2.24) is 25.1 Å². The molecule has 0 radical (unpaired) electrons. The summed E-state index contributed by atoms with van der Waals surface area (Å²) in [6.45, 7) is 0.0449. The van der Waals surface area contributed by atoms with Gasteiger partial charge in [-0.1, -0.05) is 11.3 Å². The van der Waals surface area contributed by atoms with Gasteiger partial charge in [0, 0.05) is 18.5 Å². The highest BCUT2D eigenvalue weighted by molar-refractivity contribution is 7.16. The van der Waals surface area contributed by atoms with Crippen molar-refractivity contribution in [3.8, 4) is 0 Å². The van der Waals surface area contributed by atoms with E-state index in [0.29, 0.717) is 9.52 Å². The molecule has 0 saturated carbocycles. The van der Waals surface area contributed by atoms with Crippen LogP contribution in [0.1, 0.15) is 21.2 Å². The van der Waals surface area contributed by atoms with Crippen LogP contribution in [0.5, 0.6) is 0 Å². The van der Waals surface area contributed by atoms with E-state index in [1.165, 1.54) is 0 Å². The summed E-state index contributed by atoms with van der Waals surface area (Å²) in [5, 5.41) is 12.9. The second-order valence-corrected chi connectivity index (χ2v) is 5.89.